The number of para-hydroxylation sites is 1. The van der Waals surface area contributed by atoms with Gasteiger partial charge in [0.15, 0.2) is 0 Å². The number of nitrogens with zero attached hydrogens (tertiary/aromatic N) is 3. The summed E-state index contributed by atoms with van der Waals surface area (Å²) in [6.07, 6.45) is 3.08. The quantitative estimate of drug-likeness (QED) is 0.164. The van der Waals surface area contributed by atoms with E-state index in [-0.39, 0.29) is 0 Å². The molecule has 0 unspecified atom stereocenters. The van der Waals surface area contributed by atoms with E-state index in [0.717, 1.165) is 30.5 Å². The van der Waals surface area contributed by atoms with Crippen LogP contribution in [0.4, 0.5) is 0 Å². The Morgan fingerprint density at radius 1 is 0.971 bits per heavy atom. The van der Waals surface area contributed by atoms with E-state index < -0.39 is 8.07 Å². The van der Waals surface area contributed by atoms with Crippen molar-refractivity contribution >= 4 is 35.7 Å². The lowest BCUT2D eigenvalue weighted by Gasteiger charge is -2.19. The van der Waals surface area contributed by atoms with Gasteiger partial charge in [0.05, 0.1) is 16.8 Å². The van der Waals surface area contributed by atoms with Crippen LogP contribution in [-0.2, 0) is 13.1 Å². The Morgan fingerprint density at radius 2 is 1.63 bits per heavy atom. The summed E-state index contributed by atoms with van der Waals surface area (Å²) in [6, 6.07) is 15.5. The van der Waals surface area contributed by atoms with Gasteiger partial charge in [-0.3, -0.25) is 0 Å². The molecule has 5 heteroatoms. The van der Waals surface area contributed by atoms with Crippen LogP contribution in [0.15, 0.2) is 42.6 Å². The number of fused-ring (bicyclic) bond motifs is 4. The van der Waals surface area contributed by atoms with Crippen molar-refractivity contribution in [3.05, 3.63) is 59.3 Å². The largest absolute Gasteiger partial charge is 0.520 e. The topological polar surface area (TPSA) is 57.5 Å². The third kappa shape index (κ3) is 5.77. The van der Waals surface area contributed by atoms with Gasteiger partial charge in [0.2, 0.25) is 0 Å². The lowest BCUT2D eigenvalue weighted by molar-refractivity contribution is 0.581. The third-order valence-electron chi connectivity index (χ3n) is 5.90. The Labute approximate surface area is 212 Å². The van der Waals surface area contributed by atoms with E-state index in [1.54, 1.807) is 0 Å². The van der Waals surface area contributed by atoms with Crippen molar-refractivity contribution in [2.75, 3.05) is 0 Å². The number of nitrogens with one attached hydrogen (secondary N) is 1. The molecule has 4 nitrogen and oxygen atoms in total. The van der Waals surface area contributed by atoms with Crippen LogP contribution in [0.3, 0.4) is 0 Å². The maximum Gasteiger partial charge on any atom is 0.101 e. The molecule has 0 spiro atoms. The van der Waals surface area contributed by atoms with Crippen molar-refractivity contribution in [3.63, 3.8) is 0 Å². The molecule has 1 aliphatic rings. The van der Waals surface area contributed by atoms with E-state index >= 15 is 0 Å². The summed E-state index contributed by atoms with van der Waals surface area (Å²) in [5, 5.41) is 18.6. The zero-order valence-electron chi connectivity index (χ0n) is 23.0. The van der Waals surface area contributed by atoms with Crippen molar-refractivity contribution in [1.29, 1.82) is 10.7 Å². The maximum absolute atomic E-state index is 9.52. The fraction of sp³-hybridized carbons (Fsp3) is 0.400. The highest BCUT2D eigenvalue weighted by Gasteiger charge is 2.22. The summed E-state index contributed by atoms with van der Waals surface area (Å²) >= 11 is 0. The number of aromatic nitrogens is 2. The standard InChI is InChI=1S/C22H19N3.C4H10NSi.2C2H6/c1-14-7-8-17-15(2)21-19-6-3-5-18-16(12-23)13-24(22(18)19)9-4-10-25(21)20(17)11-14;1-6(2,3)4-5;2*1-2/h3,5-8,11,13H,4,9-10H2,1-2H3;5H,1-3H3;2*1-2H3/q;-1;;. The molecule has 1 aliphatic heterocycles. The van der Waals surface area contributed by atoms with Gasteiger partial charge in [-0.15, -0.1) is 0 Å². The lowest BCUT2D eigenvalue weighted by Crippen LogP contribution is -2.20. The Bertz CT molecular complexity index is 1340. The Hall–Kier alpha value is -3.10. The van der Waals surface area contributed by atoms with Gasteiger partial charge in [-0.2, -0.15) is 5.26 Å². The van der Waals surface area contributed by atoms with Crippen LogP contribution in [0.1, 0.15) is 50.8 Å². The first-order chi connectivity index (χ1) is 16.7. The Morgan fingerprint density at radius 3 is 2.23 bits per heavy atom. The maximum atomic E-state index is 9.52. The molecule has 0 radical (unpaired) electrons. The second-order valence-corrected chi connectivity index (χ2v) is 14.2. The highest BCUT2D eigenvalue weighted by atomic mass is 28.3. The number of hydrogen-bond donors (Lipinski definition) is 1. The van der Waals surface area contributed by atoms with Crippen LogP contribution in [-0.4, -0.2) is 23.0 Å². The van der Waals surface area contributed by atoms with Gasteiger partial charge in [-0.25, -0.2) is 0 Å². The van der Waals surface area contributed by atoms with Crippen LogP contribution in [0.5, 0.6) is 0 Å². The van der Waals surface area contributed by atoms with Crippen molar-refractivity contribution in [3.8, 4) is 17.3 Å². The normalized spacial score (nSPS) is 11.9. The van der Waals surface area contributed by atoms with Gasteiger partial charge in [0.1, 0.15) is 6.07 Å². The van der Waals surface area contributed by atoms with Gasteiger partial charge in [-0.1, -0.05) is 85.7 Å². The predicted octanol–water partition coefficient (Wildman–Crippen LogP) is 8.60. The van der Waals surface area contributed by atoms with Gasteiger partial charge in [-0.05, 0) is 37.5 Å². The molecule has 0 atom stereocenters. The van der Waals surface area contributed by atoms with E-state index in [2.05, 4.69) is 90.9 Å². The van der Waals surface area contributed by atoms with Crippen LogP contribution in [0.25, 0.3) is 33.1 Å². The number of aryl methyl sites for hydroxylation is 4. The summed E-state index contributed by atoms with van der Waals surface area (Å²) in [5.74, 6) is 2.49. The van der Waals surface area contributed by atoms with E-state index in [0.29, 0.717) is 0 Å². The highest BCUT2D eigenvalue weighted by Crippen LogP contribution is 2.39. The van der Waals surface area contributed by atoms with Crippen LogP contribution >= 0.6 is 0 Å². The van der Waals surface area contributed by atoms with Crippen molar-refractivity contribution < 1.29 is 0 Å². The van der Waals surface area contributed by atoms with E-state index in [9.17, 15) is 5.26 Å². The van der Waals surface area contributed by atoms with E-state index in [1.807, 2.05) is 33.9 Å². The van der Waals surface area contributed by atoms with Gasteiger partial charge >= 0.3 is 0 Å². The lowest BCUT2D eigenvalue weighted by atomic mass is 10.0. The molecule has 0 saturated heterocycles. The zero-order valence-corrected chi connectivity index (χ0v) is 24.0. The first-order valence-electron chi connectivity index (χ1n) is 12.8. The number of hydrogen-bond acceptors (Lipinski definition) is 2. The average Bonchev–Trinajstić information content (AvgIpc) is 3.35. The van der Waals surface area contributed by atoms with Gasteiger partial charge in [0.25, 0.3) is 0 Å². The monoisotopic (exact) mass is 485 g/mol. The second kappa shape index (κ2) is 12.0. The zero-order chi connectivity index (χ0) is 26.3. The van der Waals surface area contributed by atoms with Crippen LogP contribution in [0, 0.1) is 30.6 Å². The molecule has 1 N–H and O–H groups in total. The molecule has 2 aromatic heterocycles. The first-order valence-corrected chi connectivity index (χ1v) is 16.3. The highest BCUT2D eigenvalue weighted by molar-refractivity contribution is 6.99. The molecule has 35 heavy (non-hydrogen) atoms. The fourth-order valence-electron chi connectivity index (χ4n) is 4.43. The summed E-state index contributed by atoms with van der Waals surface area (Å²) in [5.41, 5.74) is 8.46. The fourth-order valence-corrected chi connectivity index (χ4v) is 4.43. The van der Waals surface area contributed by atoms with Gasteiger partial charge in [0, 0.05) is 41.1 Å². The Kier molecular flexibility index (Phi) is 9.68. The third-order valence-corrected chi connectivity index (χ3v) is 6.65. The average molecular weight is 486 g/mol. The molecule has 5 rings (SSSR count). The minimum absolute atomic E-state index is 0.773. The number of benzene rings is 2. The smallest absolute Gasteiger partial charge is 0.101 e. The van der Waals surface area contributed by atoms with E-state index in [1.165, 1.54) is 38.8 Å². The molecule has 0 fully saturated rings. The molecular formula is C30H41N4Si-. The summed E-state index contributed by atoms with van der Waals surface area (Å²) in [4.78, 5) is 0. The van der Waals surface area contributed by atoms with Crippen LogP contribution in [0.2, 0.25) is 19.6 Å². The molecular weight excluding hydrogens is 444 g/mol. The number of rotatable bonds is 1. The van der Waals surface area contributed by atoms with E-state index in [4.69, 9.17) is 5.41 Å². The Balaban J connectivity index is 0.000000376. The molecule has 2 aromatic carbocycles. The molecule has 3 heterocycles. The molecule has 186 valence electrons. The first kappa shape index (κ1) is 28.1. The van der Waals surface area contributed by atoms with Gasteiger partial charge < -0.3 is 20.4 Å². The summed E-state index contributed by atoms with van der Waals surface area (Å²) in [6.45, 7) is 20.6. The SMILES string of the molecule is CC.CC.C[Si](C)(C)[C-]=N.Cc1ccc2c(C)c3n(c2c1)CCCn1cc(C#N)c2cccc-3c21. The molecule has 0 aliphatic carbocycles. The summed E-state index contributed by atoms with van der Waals surface area (Å²) in [7, 11) is -1.21. The van der Waals surface area contributed by atoms with Crippen LogP contribution < -0.4 is 0 Å². The minimum Gasteiger partial charge on any atom is -0.520 e. The number of nitriles is 1. The van der Waals surface area contributed by atoms with Crippen molar-refractivity contribution in [2.24, 2.45) is 0 Å². The molecule has 0 saturated carbocycles. The van der Waals surface area contributed by atoms with Crippen molar-refractivity contribution in [2.45, 2.75) is 80.7 Å². The predicted molar refractivity (Wildman–Crippen MR) is 155 cm³/mol. The molecule has 0 amide bonds. The molecule has 0 bridgehead atoms. The second-order valence-electron chi connectivity index (χ2n) is 9.42. The summed E-state index contributed by atoms with van der Waals surface area (Å²) < 4.78 is 4.75. The minimum atomic E-state index is -1.21. The van der Waals surface area contributed by atoms with Crippen molar-refractivity contribution in [1.82, 2.24) is 9.13 Å². The molecule has 4 aromatic rings.